The fourth-order valence-corrected chi connectivity index (χ4v) is 5.80. The lowest BCUT2D eigenvalue weighted by atomic mass is 9.71. The van der Waals surface area contributed by atoms with Gasteiger partial charge in [-0.15, -0.1) is 0 Å². The van der Waals surface area contributed by atoms with Gasteiger partial charge in [0.1, 0.15) is 17.2 Å². The zero-order valence-electron chi connectivity index (χ0n) is 22.4. The summed E-state index contributed by atoms with van der Waals surface area (Å²) in [7, 11) is 0. The van der Waals surface area contributed by atoms with Crippen molar-refractivity contribution in [2.75, 3.05) is 13.2 Å². The van der Waals surface area contributed by atoms with E-state index in [4.69, 9.17) is 26.8 Å². The lowest BCUT2D eigenvalue weighted by molar-refractivity contribution is -0.138. The Morgan fingerprint density at radius 1 is 1.32 bits per heavy atom. The van der Waals surface area contributed by atoms with Crippen molar-refractivity contribution in [3.8, 4) is 0 Å². The molecule has 5 atom stereocenters. The molecule has 4 N–H and O–H groups in total. The molecular weight excluding hydrogens is 577 g/mol. The lowest BCUT2D eigenvalue weighted by Crippen LogP contribution is -2.53. The van der Waals surface area contributed by atoms with Gasteiger partial charge in [-0.3, -0.25) is 4.79 Å². The first-order valence-electron chi connectivity index (χ1n) is 12.8. The maximum absolute atomic E-state index is 15.6. The number of hydrogen-bond donors (Lipinski definition) is 3. The molecule has 1 amide bonds. The second kappa shape index (κ2) is 11.1. The Morgan fingerprint density at radius 3 is 2.61 bits per heavy atom. The number of carbonyl (C=O) groups excluding carboxylic acids is 1. The summed E-state index contributed by atoms with van der Waals surface area (Å²) in [5.41, 5.74) is 6.00. The third-order valence-electron chi connectivity index (χ3n) is 7.06. The Balaban J connectivity index is 1.70. The van der Waals surface area contributed by atoms with E-state index < -0.39 is 35.1 Å². The van der Waals surface area contributed by atoms with Gasteiger partial charge >= 0.3 is 0 Å². The quantitative estimate of drug-likeness (QED) is 0.425. The van der Waals surface area contributed by atoms with E-state index in [0.29, 0.717) is 36.3 Å². The van der Waals surface area contributed by atoms with Crippen LogP contribution in [0.4, 0.5) is 4.39 Å². The number of nitrogens with zero attached hydrogens (tertiary/aromatic N) is 2. The van der Waals surface area contributed by atoms with Crippen molar-refractivity contribution < 1.29 is 18.7 Å². The highest BCUT2D eigenvalue weighted by Crippen LogP contribution is 2.48. The van der Waals surface area contributed by atoms with Crippen LogP contribution in [0.25, 0.3) is 0 Å². The molecule has 3 heterocycles. The van der Waals surface area contributed by atoms with Crippen LogP contribution in [0.15, 0.2) is 35.1 Å². The molecule has 0 saturated carbocycles. The minimum Gasteiger partial charge on any atom is -0.355 e. The molecule has 38 heavy (non-hydrogen) atoms. The molecular formula is C27H36BrClFN5O3. The normalized spacial score (nSPS) is 29.0. The van der Waals surface area contributed by atoms with E-state index in [1.807, 2.05) is 13.8 Å². The first-order valence-corrected chi connectivity index (χ1v) is 13.9. The number of rotatable bonds is 7. The fraction of sp³-hybridized carbons (Fsp3) is 0.593. The third kappa shape index (κ3) is 6.21. The SMILES string of the molecule is CC(C)(C)CC1NC(C(=O)NCCC2COC(C)(C)O2)C(c2cccc(Cl)c2F)C1(N)c1ncc(Br)cn1. The first-order chi connectivity index (χ1) is 17.7. The molecule has 8 nitrogen and oxygen atoms in total. The van der Waals surface area contributed by atoms with Crippen LogP contribution < -0.4 is 16.4 Å². The van der Waals surface area contributed by atoms with Crippen molar-refractivity contribution in [1.29, 1.82) is 0 Å². The van der Waals surface area contributed by atoms with E-state index in [-0.39, 0.29) is 28.0 Å². The van der Waals surface area contributed by atoms with Crippen LogP contribution in [0.3, 0.4) is 0 Å². The molecule has 0 spiro atoms. The molecule has 5 unspecified atom stereocenters. The molecule has 4 rings (SSSR count). The predicted octanol–water partition coefficient (Wildman–Crippen LogP) is 4.40. The van der Waals surface area contributed by atoms with Crippen LogP contribution >= 0.6 is 27.5 Å². The van der Waals surface area contributed by atoms with Crippen molar-refractivity contribution in [3.05, 3.63) is 57.3 Å². The second-order valence-corrected chi connectivity index (χ2v) is 13.1. The summed E-state index contributed by atoms with van der Waals surface area (Å²) in [6, 6.07) is 3.47. The molecule has 2 aliphatic rings. The smallest absolute Gasteiger partial charge is 0.237 e. The van der Waals surface area contributed by atoms with Gasteiger partial charge in [0.15, 0.2) is 5.79 Å². The largest absolute Gasteiger partial charge is 0.355 e. The maximum atomic E-state index is 15.6. The van der Waals surface area contributed by atoms with Crippen molar-refractivity contribution in [3.63, 3.8) is 0 Å². The number of benzene rings is 1. The zero-order valence-corrected chi connectivity index (χ0v) is 24.7. The molecule has 0 aliphatic carbocycles. The maximum Gasteiger partial charge on any atom is 0.237 e. The highest BCUT2D eigenvalue weighted by atomic mass is 79.9. The summed E-state index contributed by atoms with van der Waals surface area (Å²) in [5.74, 6) is -2.06. The van der Waals surface area contributed by atoms with Crippen LogP contribution in [-0.4, -0.2) is 53.0 Å². The van der Waals surface area contributed by atoms with Crippen molar-refractivity contribution >= 4 is 33.4 Å². The molecule has 2 saturated heterocycles. The van der Waals surface area contributed by atoms with Gasteiger partial charge in [0.05, 0.1) is 28.2 Å². The standard InChI is InChI=1S/C27H36BrClFN5O3/c1-25(2,3)11-19-27(31,24-33-12-15(28)13-34-24)20(17-7-6-8-18(29)21(17)30)22(35-19)23(36)32-10-9-16-14-37-26(4,5)38-16/h6-8,12-13,16,19-20,22,35H,9-11,14,31H2,1-5H3,(H,32,36). The van der Waals surface area contributed by atoms with Crippen LogP contribution in [-0.2, 0) is 19.8 Å². The number of nitrogens with one attached hydrogen (secondary N) is 2. The van der Waals surface area contributed by atoms with Crippen LogP contribution in [0, 0.1) is 11.2 Å². The van der Waals surface area contributed by atoms with Crippen molar-refractivity contribution in [2.24, 2.45) is 11.1 Å². The van der Waals surface area contributed by atoms with Gasteiger partial charge in [-0.1, -0.05) is 44.5 Å². The van der Waals surface area contributed by atoms with E-state index in [0.717, 1.165) is 0 Å². The van der Waals surface area contributed by atoms with Gasteiger partial charge in [-0.25, -0.2) is 14.4 Å². The van der Waals surface area contributed by atoms with E-state index >= 15 is 4.39 Å². The van der Waals surface area contributed by atoms with Gasteiger partial charge < -0.3 is 25.8 Å². The minimum atomic E-state index is -1.31. The number of hydrogen-bond acceptors (Lipinski definition) is 7. The van der Waals surface area contributed by atoms with Crippen LogP contribution in [0.5, 0.6) is 0 Å². The van der Waals surface area contributed by atoms with Gasteiger partial charge in [0, 0.05) is 30.9 Å². The monoisotopic (exact) mass is 611 g/mol. The molecule has 2 fully saturated rings. The predicted molar refractivity (Wildman–Crippen MR) is 147 cm³/mol. The number of halogens is 3. The lowest BCUT2D eigenvalue weighted by Gasteiger charge is -2.37. The zero-order chi connectivity index (χ0) is 27.9. The van der Waals surface area contributed by atoms with Gasteiger partial charge in [0.2, 0.25) is 5.91 Å². The summed E-state index contributed by atoms with van der Waals surface area (Å²) >= 11 is 9.57. The Kier molecular flexibility index (Phi) is 8.53. The van der Waals surface area contributed by atoms with E-state index in [2.05, 4.69) is 57.3 Å². The van der Waals surface area contributed by atoms with Crippen molar-refractivity contribution in [1.82, 2.24) is 20.6 Å². The molecule has 0 radical (unpaired) electrons. The molecule has 1 aromatic heterocycles. The molecule has 2 aromatic rings. The van der Waals surface area contributed by atoms with Crippen molar-refractivity contribution in [2.45, 2.75) is 82.9 Å². The molecule has 0 bridgehead atoms. The highest BCUT2D eigenvalue weighted by Gasteiger charge is 2.59. The van der Waals surface area contributed by atoms with E-state index in [9.17, 15) is 4.79 Å². The minimum absolute atomic E-state index is 0.0407. The van der Waals surface area contributed by atoms with Gasteiger partial charge in [-0.2, -0.15) is 0 Å². The summed E-state index contributed by atoms with van der Waals surface area (Å²) in [5, 5.41) is 6.40. The van der Waals surface area contributed by atoms with Crippen LogP contribution in [0.1, 0.15) is 64.8 Å². The Hall–Kier alpha value is -1.69. The summed E-state index contributed by atoms with van der Waals surface area (Å²) in [6.07, 6.45) is 4.26. The number of amides is 1. The van der Waals surface area contributed by atoms with Gasteiger partial charge in [-0.05, 0) is 59.7 Å². The van der Waals surface area contributed by atoms with Gasteiger partial charge in [0.25, 0.3) is 0 Å². The number of aromatic nitrogens is 2. The second-order valence-electron chi connectivity index (χ2n) is 11.8. The number of carbonyl (C=O) groups is 1. The third-order valence-corrected chi connectivity index (χ3v) is 7.76. The Labute approximate surface area is 236 Å². The summed E-state index contributed by atoms with van der Waals surface area (Å²) in [6.45, 7) is 10.8. The first kappa shape index (κ1) is 29.3. The average Bonchev–Trinajstić information content (AvgIpc) is 3.31. The Morgan fingerprint density at radius 2 is 2.00 bits per heavy atom. The average molecular weight is 613 g/mol. The molecule has 208 valence electrons. The summed E-state index contributed by atoms with van der Waals surface area (Å²) in [4.78, 5) is 22.7. The molecule has 1 aromatic carbocycles. The number of nitrogens with two attached hydrogens (primary N) is 1. The Bertz CT molecular complexity index is 1160. The van der Waals surface area contributed by atoms with Crippen LogP contribution in [0.2, 0.25) is 5.02 Å². The van der Waals surface area contributed by atoms with E-state index in [1.54, 1.807) is 24.5 Å². The summed E-state index contributed by atoms with van der Waals surface area (Å²) < 4.78 is 27.7. The number of ether oxygens (including phenoxy) is 2. The fourth-order valence-electron chi connectivity index (χ4n) is 5.41. The highest BCUT2D eigenvalue weighted by molar-refractivity contribution is 9.10. The topological polar surface area (TPSA) is 111 Å². The molecule has 11 heteroatoms. The van der Waals surface area contributed by atoms with E-state index in [1.165, 1.54) is 6.07 Å². The molecule has 2 aliphatic heterocycles.